The predicted octanol–water partition coefficient (Wildman–Crippen LogP) is 2.56. The Morgan fingerprint density at radius 1 is 1.45 bits per heavy atom. The Morgan fingerprint density at radius 2 is 2.25 bits per heavy atom. The first-order chi connectivity index (χ1) is 9.66. The summed E-state index contributed by atoms with van der Waals surface area (Å²) in [6, 6.07) is 7.87. The smallest absolute Gasteiger partial charge is 0.222 e. The van der Waals surface area contributed by atoms with Crippen molar-refractivity contribution < 1.29 is 9.53 Å². The van der Waals surface area contributed by atoms with Crippen LogP contribution in [0.3, 0.4) is 0 Å². The number of hydrogen-bond donors (Lipinski definition) is 1. The molecule has 5 heteroatoms. The summed E-state index contributed by atoms with van der Waals surface area (Å²) in [6.45, 7) is 2.09. The van der Waals surface area contributed by atoms with Crippen LogP contribution < -0.4 is 10.5 Å². The van der Waals surface area contributed by atoms with Gasteiger partial charge in [0.25, 0.3) is 0 Å². The Kier molecular flexibility index (Phi) is 5.86. The van der Waals surface area contributed by atoms with Crippen molar-refractivity contribution in [2.45, 2.75) is 31.7 Å². The summed E-state index contributed by atoms with van der Waals surface area (Å²) in [7, 11) is 0. The zero-order chi connectivity index (χ0) is 14.4. The second-order valence-corrected chi connectivity index (χ2v) is 5.98. The van der Waals surface area contributed by atoms with Crippen LogP contribution in [0.4, 0.5) is 0 Å². The number of para-hydroxylation sites is 1. The number of rotatable bonds is 5. The van der Waals surface area contributed by atoms with Crippen molar-refractivity contribution in [3.8, 4) is 5.75 Å². The molecule has 1 aromatic rings. The van der Waals surface area contributed by atoms with Gasteiger partial charge >= 0.3 is 0 Å². The molecule has 1 saturated heterocycles. The maximum Gasteiger partial charge on any atom is 0.222 e. The molecule has 1 amide bonds. The van der Waals surface area contributed by atoms with Gasteiger partial charge in [0.05, 0.1) is 11.1 Å². The van der Waals surface area contributed by atoms with E-state index in [0.717, 1.165) is 36.0 Å². The first-order valence-corrected chi connectivity index (χ1v) is 7.87. The summed E-state index contributed by atoms with van der Waals surface area (Å²) in [4.78, 5) is 13.9. The molecule has 0 radical (unpaired) electrons. The molecule has 0 unspecified atom stereocenters. The van der Waals surface area contributed by atoms with E-state index >= 15 is 0 Å². The van der Waals surface area contributed by atoms with Crippen molar-refractivity contribution in [3.63, 3.8) is 0 Å². The quantitative estimate of drug-likeness (QED) is 0.838. The Hall–Kier alpha value is -1.07. The molecule has 2 N–H and O–H groups in total. The third kappa shape index (κ3) is 4.49. The molecule has 1 aromatic carbocycles. The first-order valence-electron chi connectivity index (χ1n) is 7.07. The number of halogens is 1. The Labute approximate surface area is 128 Å². The number of amides is 1. The highest BCUT2D eigenvalue weighted by atomic mass is 79.9. The largest absolute Gasteiger partial charge is 0.492 e. The first kappa shape index (κ1) is 15.3. The number of piperidine rings is 1. The molecule has 1 heterocycles. The number of carbonyl (C=O) groups is 1. The molecule has 1 aliphatic heterocycles. The molecule has 20 heavy (non-hydrogen) atoms. The van der Waals surface area contributed by atoms with Crippen LogP contribution in [0.15, 0.2) is 28.7 Å². The molecule has 0 saturated carbocycles. The van der Waals surface area contributed by atoms with Crippen molar-refractivity contribution in [1.82, 2.24) is 4.90 Å². The summed E-state index contributed by atoms with van der Waals surface area (Å²) in [5.41, 5.74) is 5.89. The number of carbonyl (C=O) groups excluding carboxylic acids is 1. The minimum absolute atomic E-state index is 0.143. The fourth-order valence-corrected chi connectivity index (χ4v) is 2.76. The van der Waals surface area contributed by atoms with E-state index in [0.29, 0.717) is 19.6 Å². The summed E-state index contributed by atoms with van der Waals surface area (Å²) < 4.78 is 6.59. The van der Waals surface area contributed by atoms with Gasteiger partial charge in [-0.2, -0.15) is 0 Å². The molecule has 1 aliphatic rings. The van der Waals surface area contributed by atoms with E-state index in [4.69, 9.17) is 10.5 Å². The van der Waals surface area contributed by atoms with E-state index in [1.165, 1.54) is 0 Å². The molecule has 0 spiro atoms. The van der Waals surface area contributed by atoms with Gasteiger partial charge in [-0.05, 0) is 47.3 Å². The van der Waals surface area contributed by atoms with Gasteiger partial charge in [0.15, 0.2) is 0 Å². The van der Waals surface area contributed by atoms with Crippen LogP contribution in [-0.2, 0) is 4.79 Å². The van der Waals surface area contributed by atoms with Gasteiger partial charge in [0.1, 0.15) is 5.75 Å². The maximum atomic E-state index is 12.0. The SMILES string of the molecule is N[C@H]1CCCN(C(=O)CCCOc2ccccc2Br)C1. The Balaban J connectivity index is 1.68. The summed E-state index contributed by atoms with van der Waals surface area (Å²) >= 11 is 3.43. The normalized spacial score (nSPS) is 18.9. The summed E-state index contributed by atoms with van der Waals surface area (Å²) in [6.07, 6.45) is 3.29. The van der Waals surface area contributed by atoms with Gasteiger partial charge in [0.2, 0.25) is 5.91 Å². The molecule has 110 valence electrons. The lowest BCUT2D eigenvalue weighted by Crippen LogP contribution is -2.45. The standard InChI is InChI=1S/C15H21BrN2O2/c16-13-6-1-2-7-14(13)20-10-4-8-15(19)18-9-3-5-12(17)11-18/h1-2,6-7,12H,3-5,8-11,17H2/t12-/m0/s1. The predicted molar refractivity (Wildman–Crippen MR) is 82.7 cm³/mol. The number of benzene rings is 1. The van der Waals surface area contributed by atoms with Gasteiger partial charge in [-0.3, -0.25) is 4.79 Å². The molecule has 1 fully saturated rings. The molecule has 1 atom stereocenters. The Morgan fingerprint density at radius 3 is 3.00 bits per heavy atom. The van der Waals surface area contributed by atoms with Crippen molar-refractivity contribution in [3.05, 3.63) is 28.7 Å². The Bertz CT molecular complexity index is 453. The van der Waals surface area contributed by atoms with Gasteiger partial charge < -0.3 is 15.4 Å². The zero-order valence-corrected chi connectivity index (χ0v) is 13.1. The van der Waals surface area contributed by atoms with Crippen LogP contribution in [0.5, 0.6) is 5.75 Å². The third-order valence-corrected chi connectivity index (χ3v) is 4.09. The van der Waals surface area contributed by atoms with Crippen molar-refractivity contribution >= 4 is 21.8 Å². The van der Waals surface area contributed by atoms with E-state index in [1.54, 1.807) is 0 Å². The van der Waals surface area contributed by atoms with Gasteiger partial charge in [-0.1, -0.05) is 12.1 Å². The number of likely N-dealkylation sites (tertiary alicyclic amines) is 1. The van der Waals surface area contributed by atoms with Gasteiger partial charge in [-0.25, -0.2) is 0 Å². The second kappa shape index (κ2) is 7.64. The monoisotopic (exact) mass is 340 g/mol. The molecular formula is C15H21BrN2O2. The molecule has 4 nitrogen and oxygen atoms in total. The maximum absolute atomic E-state index is 12.0. The number of nitrogens with two attached hydrogens (primary N) is 1. The van der Waals surface area contributed by atoms with E-state index in [2.05, 4.69) is 15.9 Å². The zero-order valence-electron chi connectivity index (χ0n) is 11.6. The van der Waals surface area contributed by atoms with Gasteiger partial charge in [-0.15, -0.1) is 0 Å². The summed E-state index contributed by atoms with van der Waals surface area (Å²) in [5.74, 6) is 1.01. The van der Waals surface area contributed by atoms with Crippen molar-refractivity contribution in [1.29, 1.82) is 0 Å². The number of ether oxygens (including phenoxy) is 1. The molecule has 2 rings (SSSR count). The number of hydrogen-bond acceptors (Lipinski definition) is 3. The van der Waals surface area contributed by atoms with Crippen LogP contribution in [0.1, 0.15) is 25.7 Å². The average Bonchev–Trinajstić information content (AvgIpc) is 2.45. The lowest BCUT2D eigenvalue weighted by Gasteiger charge is -2.30. The van der Waals surface area contributed by atoms with Crippen LogP contribution in [-0.4, -0.2) is 36.5 Å². The van der Waals surface area contributed by atoms with E-state index in [1.807, 2.05) is 29.2 Å². The van der Waals surface area contributed by atoms with Gasteiger partial charge in [0, 0.05) is 25.6 Å². The average molecular weight is 341 g/mol. The van der Waals surface area contributed by atoms with E-state index in [9.17, 15) is 4.79 Å². The van der Waals surface area contributed by atoms with Crippen molar-refractivity contribution in [2.75, 3.05) is 19.7 Å². The fourth-order valence-electron chi connectivity index (χ4n) is 2.36. The highest BCUT2D eigenvalue weighted by Gasteiger charge is 2.20. The van der Waals surface area contributed by atoms with Crippen LogP contribution >= 0.6 is 15.9 Å². The fraction of sp³-hybridized carbons (Fsp3) is 0.533. The molecular weight excluding hydrogens is 320 g/mol. The number of nitrogens with zero attached hydrogens (tertiary/aromatic N) is 1. The topological polar surface area (TPSA) is 55.6 Å². The van der Waals surface area contributed by atoms with Crippen LogP contribution in [0.25, 0.3) is 0 Å². The van der Waals surface area contributed by atoms with E-state index < -0.39 is 0 Å². The van der Waals surface area contributed by atoms with Crippen molar-refractivity contribution in [2.24, 2.45) is 5.73 Å². The summed E-state index contributed by atoms with van der Waals surface area (Å²) in [5, 5.41) is 0. The van der Waals surface area contributed by atoms with Crippen LogP contribution in [0, 0.1) is 0 Å². The van der Waals surface area contributed by atoms with Crippen LogP contribution in [0.2, 0.25) is 0 Å². The third-order valence-electron chi connectivity index (χ3n) is 3.44. The lowest BCUT2D eigenvalue weighted by molar-refractivity contribution is -0.132. The van der Waals surface area contributed by atoms with E-state index in [-0.39, 0.29) is 11.9 Å². The highest BCUT2D eigenvalue weighted by Crippen LogP contribution is 2.23. The molecule has 0 aromatic heterocycles. The highest BCUT2D eigenvalue weighted by molar-refractivity contribution is 9.10. The molecule has 0 aliphatic carbocycles. The molecule has 0 bridgehead atoms. The minimum Gasteiger partial charge on any atom is -0.492 e. The second-order valence-electron chi connectivity index (χ2n) is 5.12. The lowest BCUT2D eigenvalue weighted by atomic mass is 10.1. The minimum atomic E-state index is 0.143.